The van der Waals surface area contributed by atoms with Crippen LogP contribution in [-0.4, -0.2) is 27.7 Å². The van der Waals surface area contributed by atoms with Crippen molar-refractivity contribution in [1.29, 1.82) is 0 Å². The summed E-state index contributed by atoms with van der Waals surface area (Å²) >= 11 is 0. The third kappa shape index (κ3) is 3.48. The highest BCUT2D eigenvalue weighted by molar-refractivity contribution is 6.03. The molecule has 0 radical (unpaired) electrons. The molecule has 0 saturated heterocycles. The summed E-state index contributed by atoms with van der Waals surface area (Å²) < 4.78 is 42.4. The number of hydrogen-bond acceptors (Lipinski definition) is 4. The van der Waals surface area contributed by atoms with Gasteiger partial charge in [0.1, 0.15) is 11.8 Å². The first-order valence-electron chi connectivity index (χ1n) is 8.24. The summed E-state index contributed by atoms with van der Waals surface area (Å²) in [5.41, 5.74) is 1.51. The van der Waals surface area contributed by atoms with Crippen LogP contribution in [0.4, 0.5) is 24.8 Å². The van der Waals surface area contributed by atoms with Gasteiger partial charge in [-0.25, -0.2) is 4.98 Å². The summed E-state index contributed by atoms with van der Waals surface area (Å²) in [5, 5.41) is 5.12. The van der Waals surface area contributed by atoms with Crippen LogP contribution >= 0.6 is 0 Å². The topological polar surface area (TPSA) is 85.2 Å². The molecular weight excluding hydrogens is 377 g/mol. The van der Waals surface area contributed by atoms with Crippen LogP contribution in [0.1, 0.15) is 12.5 Å². The standard InChI is InChI=1S/C18H13F3N4O3/c19-18(20,21)28-11-5-3-4-10(8-11)22-15(26)9-14-16(27)24-17-23-12-6-1-2-7-13(12)25(14)17/h1-8,14H,9H2,(H,22,26)(H,23,24,27)/t14-/m1/s1. The zero-order valence-electron chi connectivity index (χ0n) is 14.2. The summed E-state index contributed by atoms with van der Waals surface area (Å²) in [6.07, 6.45) is -5.03. The molecule has 4 rings (SSSR count). The predicted octanol–water partition coefficient (Wildman–Crippen LogP) is 3.46. The van der Waals surface area contributed by atoms with E-state index in [4.69, 9.17) is 0 Å². The first-order valence-corrected chi connectivity index (χ1v) is 8.24. The third-order valence-corrected chi connectivity index (χ3v) is 4.18. The van der Waals surface area contributed by atoms with Gasteiger partial charge in [-0.3, -0.25) is 19.5 Å². The minimum Gasteiger partial charge on any atom is -0.406 e. The highest BCUT2D eigenvalue weighted by Gasteiger charge is 2.35. The number of amides is 2. The Hall–Kier alpha value is -3.56. The Bertz CT molecular complexity index is 1080. The summed E-state index contributed by atoms with van der Waals surface area (Å²) in [4.78, 5) is 28.9. The van der Waals surface area contributed by atoms with Crippen LogP contribution in [0.15, 0.2) is 48.5 Å². The Morgan fingerprint density at radius 3 is 2.79 bits per heavy atom. The summed E-state index contributed by atoms with van der Waals surface area (Å²) in [6, 6.07) is 11.3. The second kappa shape index (κ2) is 6.55. The Morgan fingerprint density at radius 1 is 1.21 bits per heavy atom. The Labute approximate surface area is 156 Å². The zero-order chi connectivity index (χ0) is 19.9. The van der Waals surface area contributed by atoms with Crippen molar-refractivity contribution in [3.63, 3.8) is 0 Å². The van der Waals surface area contributed by atoms with Crippen LogP contribution in [0.5, 0.6) is 5.75 Å². The van der Waals surface area contributed by atoms with Gasteiger partial charge in [0.15, 0.2) is 0 Å². The van der Waals surface area contributed by atoms with E-state index in [1.54, 1.807) is 22.8 Å². The number of nitrogens with one attached hydrogen (secondary N) is 2. The minimum absolute atomic E-state index is 0.126. The van der Waals surface area contributed by atoms with Crippen LogP contribution in [-0.2, 0) is 9.59 Å². The molecule has 2 amide bonds. The second-order valence-electron chi connectivity index (χ2n) is 6.13. The molecule has 0 aliphatic carbocycles. The lowest BCUT2D eigenvalue weighted by atomic mass is 10.1. The average molecular weight is 390 g/mol. The smallest absolute Gasteiger partial charge is 0.406 e. The number of alkyl halides is 3. The molecular formula is C18H13F3N4O3. The van der Waals surface area contributed by atoms with Crippen molar-refractivity contribution in [3.8, 4) is 5.75 Å². The normalized spacial score (nSPS) is 16.0. The molecule has 0 saturated carbocycles. The van der Waals surface area contributed by atoms with Crippen LogP contribution in [0.3, 0.4) is 0 Å². The van der Waals surface area contributed by atoms with Gasteiger partial charge in [-0.15, -0.1) is 13.2 Å². The van der Waals surface area contributed by atoms with Crippen LogP contribution < -0.4 is 15.4 Å². The number of hydrogen-bond donors (Lipinski definition) is 2. The lowest BCUT2D eigenvalue weighted by Crippen LogP contribution is -2.23. The molecule has 144 valence electrons. The molecule has 1 atom stereocenters. The number of halogens is 3. The molecule has 0 fully saturated rings. The molecule has 2 aromatic carbocycles. The maximum atomic E-state index is 12.4. The maximum Gasteiger partial charge on any atom is 0.573 e. The first kappa shape index (κ1) is 17.8. The van der Waals surface area contributed by atoms with Gasteiger partial charge in [-0.1, -0.05) is 18.2 Å². The van der Waals surface area contributed by atoms with Crippen LogP contribution in [0.25, 0.3) is 11.0 Å². The Balaban J connectivity index is 1.51. The average Bonchev–Trinajstić information content (AvgIpc) is 3.09. The monoisotopic (exact) mass is 390 g/mol. The van der Waals surface area contributed by atoms with E-state index in [2.05, 4.69) is 20.4 Å². The van der Waals surface area contributed by atoms with E-state index < -0.39 is 24.1 Å². The largest absolute Gasteiger partial charge is 0.573 e. The van der Waals surface area contributed by atoms with Gasteiger partial charge < -0.3 is 10.1 Å². The molecule has 2 N–H and O–H groups in total. The van der Waals surface area contributed by atoms with Crippen molar-refractivity contribution in [2.75, 3.05) is 10.6 Å². The van der Waals surface area contributed by atoms with E-state index in [1.807, 2.05) is 6.07 Å². The quantitative estimate of drug-likeness (QED) is 0.715. The molecule has 0 unspecified atom stereocenters. The number of fused-ring (bicyclic) bond motifs is 3. The second-order valence-corrected chi connectivity index (χ2v) is 6.13. The van der Waals surface area contributed by atoms with Crippen molar-refractivity contribution >= 4 is 34.5 Å². The van der Waals surface area contributed by atoms with E-state index >= 15 is 0 Å². The molecule has 0 bridgehead atoms. The van der Waals surface area contributed by atoms with Crippen molar-refractivity contribution in [1.82, 2.24) is 9.55 Å². The summed E-state index contributed by atoms with van der Waals surface area (Å²) in [6.45, 7) is 0. The van der Waals surface area contributed by atoms with Gasteiger partial charge in [0.25, 0.3) is 0 Å². The predicted molar refractivity (Wildman–Crippen MR) is 93.8 cm³/mol. The molecule has 3 aromatic rings. The van der Waals surface area contributed by atoms with Crippen molar-refractivity contribution in [3.05, 3.63) is 48.5 Å². The highest BCUT2D eigenvalue weighted by atomic mass is 19.4. The molecule has 7 nitrogen and oxygen atoms in total. The van der Waals surface area contributed by atoms with Gasteiger partial charge in [0, 0.05) is 11.8 Å². The van der Waals surface area contributed by atoms with Gasteiger partial charge in [0.2, 0.25) is 17.8 Å². The fourth-order valence-corrected chi connectivity index (χ4v) is 3.10. The lowest BCUT2D eigenvalue weighted by Gasteiger charge is -2.13. The van der Waals surface area contributed by atoms with E-state index in [1.165, 1.54) is 12.1 Å². The summed E-state index contributed by atoms with van der Waals surface area (Å²) in [7, 11) is 0. The number of aromatic nitrogens is 2. The molecule has 1 aliphatic rings. The molecule has 1 aliphatic heterocycles. The van der Waals surface area contributed by atoms with E-state index in [0.717, 1.165) is 12.1 Å². The molecule has 1 aromatic heterocycles. The number of benzene rings is 2. The van der Waals surface area contributed by atoms with E-state index in [-0.39, 0.29) is 18.0 Å². The number of para-hydroxylation sites is 2. The van der Waals surface area contributed by atoms with Crippen molar-refractivity contribution in [2.24, 2.45) is 0 Å². The first-order chi connectivity index (χ1) is 13.3. The van der Waals surface area contributed by atoms with Gasteiger partial charge in [0.05, 0.1) is 17.5 Å². The lowest BCUT2D eigenvalue weighted by molar-refractivity contribution is -0.274. The number of carbonyl (C=O) groups is 2. The zero-order valence-corrected chi connectivity index (χ0v) is 14.2. The number of anilines is 2. The maximum absolute atomic E-state index is 12.4. The molecule has 2 heterocycles. The number of rotatable bonds is 4. The fourth-order valence-electron chi connectivity index (χ4n) is 3.10. The minimum atomic E-state index is -4.83. The highest BCUT2D eigenvalue weighted by Crippen LogP contribution is 2.32. The van der Waals surface area contributed by atoms with Gasteiger partial charge in [-0.2, -0.15) is 0 Å². The Kier molecular flexibility index (Phi) is 4.17. The third-order valence-electron chi connectivity index (χ3n) is 4.18. The van der Waals surface area contributed by atoms with Gasteiger partial charge in [-0.05, 0) is 24.3 Å². The molecule has 28 heavy (non-hydrogen) atoms. The number of nitrogens with zero attached hydrogens (tertiary/aromatic N) is 2. The SMILES string of the molecule is O=C(C[C@@H]1C(=O)Nc2nc3ccccc3n21)Nc1cccc(OC(F)(F)F)c1. The number of carbonyl (C=O) groups excluding carboxylic acids is 2. The van der Waals surface area contributed by atoms with Crippen LogP contribution in [0.2, 0.25) is 0 Å². The van der Waals surface area contributed by atoms with Gasteiger partial charge >= 0.3 is 6.36 Å². The number of imidazole rings is 1. The Morgan fingerprint density at radius 2 is 2.00 bits per heavy atom. The number of ether oxygens (including phenoxy) is 1. The van der Waals surface area contributed by atoms with E-state index in [9.17, 15) is 22.8 Å². The molecule has 10 heteroatoms. The van der Waals surface area contributed by atoms with Crippen molar-refractivity contribution < 1.29 is 27.5 Å². The molecule has 0 spiro atoms. The van der Waals surface area contributed by atoms with Crippen LogP contribution in [0, 0.1) is 0 Å². The van der Waals surface area contributed by atoms with E-state index in [0.29, 0.717) is 17.0 Å². The summed E-state index contributed by atoms with van der Waals surface area (Å²) in [5.74, 6) is -1.01. The van der Waals surface area contributed by atoms with Crippen molar-refractivity contribution in [2.45, 2.75) is 18.8 Å². The fraction of sp³-hybridized carbons (Fsp3) is 0.167.